The molecular formula is C10H16O. The van der Waals surface area contributed by atoms with Gasteiger partial charge >= 0.3 is 0 Å². The van der Waals surface area contributed by atoms with E-state index >= 15 is 0 Å². The summed E-state index contributed by atoms with van der Waals surface area (Å²) in [5.74, 6) is 2.83. The maximum Gasteiger partial charge on any atom is 0.0492 e. The van der Waals surface area contributed by atoms with Crippen LogP contribution >= 0.6 is 0 Å². The van der Waals surface area contributed by atoms with E-state index < -0.39 is 0 Å². The molecule has 0 aromatic heterocycles. The lowest BCUT2D eigenvalue weighted by atomic mass is 9.75. The zero-order valence-corrected chi connectivity index (χ0v) is 7.30. The van der Waals surface area contributed by atoms with E-state index in [1.54, 1.807) is 0 Å². The summed E-state index contributed by atoms with van der Waals surface area (Å²) in [7, 11) is 0. The minimum atomic E-state index is 0.294. The van der Waals surface area contributed by atoms with Crippen LogP contribution < -0.4 is 0 Å². The lowest BCUT2D eigenvalue weighted by Gasteiger charge is -2.31. The Bertz CT molecular complexity index is 211. The van der Waals surface area contributed by atoms with Gasteiger partial charge in [-0.1, -0.05) is 13.8 Å². The summed E-state index contributed by atoms with van der Waals surface area (Å²) < 4.78 is 0. The lowest BCUT2D eigenvalue weighted by molar-refractivity contribution is 0.0663. The van der Waals surface area contributed by atoms with Crippen molar-refractivity contribution in [3.63, 3.8) is 0 Å². The van der Waals surface area contributed by atoms with Crippen molar-refractivity contribution < 1.29 is 5.11 Å². The number of hydrogen-bond donors (Lipinski definition) is 1. The van der Waals surface area contributed by atoms with Gasteiger partial charge in [-0.2, -0.15) is 0 Å². The molecule has 3 atom stereocenters. The van der Waals surface area contributed by atoms with Crippen LogP contribution in [0.4, 0.5) is 0 Å². The van der Waals surface area contributed by atoms with E-state index in [1.807, 2.05) is 0 Å². The molecular weight excluding hydrogens is 136 g/mol. The maximum atomic E-state index is 9.38. The Morgan fingerprint density at radius 1 is 1.27 bits per heavy atom. The minimum absolute atomic E-state index is 0.294. The Morgan fingerprint density at radius 3 is 2.00 bits per heavy atom. The van der Waals surface area contributed by atoms with Gasteiger partial charge in [0, 0.05) is 6.61 Å². The van der Waals surface area contributed by atoms with E-state index in [0.29, 0.717) is 17.4 Å². The highest BCUT2D eigenvalue weighted by atomic mass is 16.3. The van der Waals surface area contributed by atoms with Gasteiger partial charge < -0.3 is 5.11 Å². The van der Waals surface area contributed by atoms with Crippen LogP contribution in [0.1, 0.15) is 26.7 Å². The van der Waals surface area contributed by atoms with Gasteiger partial charge in [0.15, 0.2) is 0 Å². The number of aliphatic hydroxyl groups excluding tert-OH is 1. The topological polar surface area (TPSA) is 20.2 Å². The first-order valence-corrected chi connectivity index (χ1v) is 4.75. The van der Waals surface area contributed by atoms with E-state index in [2.05, 4.69) is 13.8 Å². The third-order valence-corrected chi connectivity index (χ3v) is 5.45. The Balaban J connectivity index is 2.10. The van der Waals surface area contributed by atoms with Crippen LogP contribution in [0.5, 0.6) is 0 Å². The van der Waals surface area contributed by atoms with E-state index in [9.17, 15) is 5.11 Å². The van der Waals surface area contributed by atoms with Crippen LogP contribution in [0, 0.1) is 28.6 Å². The fourth-order valence-electron chi connectivity index (χ4n) is 4.33. The Kier molecular flexibility index (Phi) is 0.820. The van der Waals surface area contributed by atoms with Crippen molar-refractivity contribution in [2.45, 2.75) is 26.7 Å². The molecule has 0 aromatic rings. The number of hydrogen-bond acceptors (Lipinski definition) is 1. The summed E-state index contributed by atoms with van der Waals surface area (Å²) in [5, 5.41) is 9.38. The Hall–Kier alpha value is -0.0400. The molecule has 0 saturated heterocycles. The third-order valence-electron chi connectivity index (χ3n) is 5.45. The first-order valence-electron chi connectivity index (χ1n) is 4.75. The van der Waals surface area contributed by atoms with Gasteiger partial charge in [-0.05, 0) is 41.4 Å². The number of rotatable bonds is 1. The summed E-state index contributed by atoms with van der Waals surface area (Å²) in [6.07, 6.45) is 2.83. The molecule has 4 saturated carbocycles. The van der Waals surface area contributed by atoms with Crippen LogP contribution in [-0.2, 0) is 0 Å². The highest BCUT2D eigenvalue weighted by Crippen LogP contribution is 2.85. The van der Waals surface area contributed by atoms with Crippen LogP contribution in [0.3, 0.4) is 0 Å². The van der Waals surface area contributed by atoms with Gasteiger partial charge in [0.1, 0.15) is 0 Å². The molecule has 4 fully saturated rings. The Morgan fingerprint density at radius 2 is 1.82 bits per heavy atom. The second-order valence-corrected chi connectivity index (χ2v) is 5.24. The van der Waals surface area contributed by atoms with Crippen molar-refractivity contribution in [1.29, 1.82) is 0 Å². The highest BCUT2D eigenvalue weighted by Gasteiger charge is 2.81. The molecule has 1 N–H and O–H groups in total. The van der Waals surface area contributed by atoms with E-state index in [0.717, 1.165) is 17.8 Å². The van der Waals surface area contributed by atoms with Gasteiger partial charge in [-0.3, -0.25) is 0 Å². The van der Waals surface area contributed by atoms with Crippen molar-refractivity contribution in [2.24, 2.45) is 28.6 Å². The SMILES string of the molecule is CC1(CO)C2CC3C(C2)C31C. The van der Waals surface area contributed by atoms with Crippen LogP contribution in [0.2, 0.25) is 0 Å². The zero-order chi connectivity index (χ0) is 7.85. The molecule has 0 aliphatic heterocycles. The highest BCUT2D eigenvalue weighted by molar-refractivity contribution is 5.28. The second kappa shape index (κ2) is 1.39. The molecule has 1 heteroatoms. The van der Waals surface area contributed by atoms with Gasteiger partial charge in [-0.15, -0.1) is 0 Å². The van der Waals surface area contributed by atoms with Crippen molar-refractivity contribution >= 4 is 0 Å². The molecule has 0 amide bonds. The van der Waals surface area contributed by atoms with Crippen LogP contribution in [0.25, 0.3) is 0 Å². The van der Waals surface area contributed by atoms with Crippen molar-refractivity contribution in [3.8, 4) is 0 Å². The molecule has 0 heterocycles. The standard InChI is InChI=1S/C10H16O/c1-9(5-11)6-3-7-8(4-6)10(7,9)2/h6-8,11H,3-5H2,1-2H3. The van der Waals surface area contributed by atoms with E-state index in [-0.39, 0.29) is 0 Å². The van der Waals surface area contributed by atoms with Crippen molar-refractivity contribution in [3.05, 3.63) is 0 Å². The quantitative estimate of drug-likeness (QED) is 0.606. The monoisotopic (exact) mass is 152 g/mol. The molecule has 0 radical (unpaired) electrons. The first kappa shape index (κ1) is 6.47. The van der Waals surface area contributed by atoms with Crippen LogP contribution in [0.15, 0.2) is 0 Å². The van der Waals surface area contributed by atoms with E-state index in [1.165, 1.54) is 12.8 Å². The van der Waals surface area contributed by atoms with Crippen molar-refractivity contribution in [2.75, 3.05) is 6.61 Å². The molecule has 4 aliphatic carbocycles. The molecule has 0 aromatic carbocycles. The largest absolute Gasteiger partial charge is 0.396 e. The lowest BCUT2D eigenvalue weighted by Crippen LogP contribution is -2.31. The first-order chi connectivity index (χ1) is 5.14. The average molecular weight is 152 g/mol. The molecule has 11 heavy (non-hydrogen) atoms. The summed E-state index contributed by atoms with van der Waals surface area (Å²) >= 11 is 0. The molecule has 4 aliphatic rings. The average Bonchev–Trinajstić information content (AvgIpc) is 2.42. The molecule has 1 nitrogen and oxygen atoms in total. The summed E-state index contributed by atoms with van der Waals surface area (Å²) in [4.78, 5) is 0. The molecule has 4 bridgehead atoms. The van der Waals surface area contributed by atoms with Gasteiger partial charge in [0.05, 0.1) is 0 Å². The van der Waals surface area contributed by atoms with Crippen LogP contribution in [-0.4, -0.2) is 11.7 Å². The summed E-state index contributed by atoms with van der Waals surface area (Å²) in [6, 6.07) is 0. The summed E-state index contributed by atoms with van der Waals surface area (Å²) in [5.41, 5.74) is 0.842. The zero-order valence-electron chi connectivity index (χ0n) is 7.30. The predicted octanol–water partition coefficient (Wildman–Crippen LogP) is 1.66. The molecule has 3 unspecified atom stereocenters. The van der Waals surface area contributed by atoms with E-state index in [4.69, 9.17) is 0 Å². The van der Waals surface area contributed by atoms with Gasteiger partial charge in [0.25, 0.3) is 0 Å². The fourth-order valence-corrected chi connectivity index (χ4v) is 4.33. The third kappa shape index (κ3) is 0.395. The fraction of sp³-hybridized carbons (Fsp3) is 1.00. The summed E-state index contributed by atoms with van der Waals surface area (Å²) in [6.45, 7) is 5.11. The Labute approximate surface area is 67.8 Å². The maximum absolute atomic E-state index is 9.38. The van der Waals surface area contributed by atoms with Gasteiger partial charge in [-0.25, -0.2) is 0 Å². The molecule has 62 valence electrons. The minimum Gasteiger partial charge on any atom is -0.396 e. The number of aliphatic hydroxyl groups is 1. The molecule has 0 spiro atoms. The smallest absolute Gasteiger partial charge is 0.0492 e. The normalized spacial score (nSPS) is 70.6. The van der Waals surface area contributed by atoms with Gasteiger partial charge in [0.2, 0.25) is 0 Å². The molecule has 4 rings (SSSR count). The second-order valence-electron chi connectivity index (χ2n) is 5.24. The predicted molar refractivity (Wildman–Crippen MR) is 43.0 cm³/mol. The van der Waals surface area contributed by atoms with Crippen molar-refractivity contribution in [1.82, 2.24) is 0 Å².